The molecule has 0 radical (unpaired) electrons. The van der Waals surface area contributed by atoms with Gasteiger partial charge >= 0.3 is 6.03 Å². The molecule has 6 heteroatoms. The Morgan fingerprint density at radius 1 is 1.92 bits per heavy atom. The molecular weight excluding hydrogens is 170 g/mol. The highest BCUT2D eigenvalue weighted by atomic mass is 16.2. The number of aromatic nitrogens is 2. The number of rotatable bonds is 3. The highest BCUT2D eigenvalue weighted by Gasteiger charge is 1.95. The molecule has 0 unspecified atom stereocenters. The number of aryl methyl sites for hydroxylation is 1. The fourth-order valence-corrected chi connectivity index (χ4v) is 0.865. The van der Waals surface area contributed by atoms with Gasteiger partial charge in [0.25, 0.3) is 0 Å². The van der Waals surface area contributed by atoms with E-state index >= 15 is 0 Å². The van der Waals surface area contributed by atoms with E-state index in [-0.39, 0.29) is 0 Å². The first-order chi connectivity index (χ1) is 6.24. The van der Waals surface area contributed by atoms with Crippen molar-refractivity contribution in [2.24, 2.45) is 10.8 Å². The largest absolute Gasteiger partial charge is 0.350 e. The summed E-state index contributed by atoms with van der Waals surface area (Å²) in [4.78, 5) is 14.2. The fourth-order valence-electron chi connectivity index (χ4n) is 0.865. The number of imidazole rings is 1. The number of nitrogens with zero attached hydrogens (tertiary/aromatic N) is 3. The van der Waals surface area contributed by atoms with Crippen LogP contribution in [-0.2, 0) is 6.54 Å². The lowest BCUT2D eigenvalue weighted by atomic mass is 10.5. The van der Waals surface area contributed by atoms with E-state index in [1.165, 1.54) is 6.21 Å². The van der Waals surface area contributed by atoms with Crippen molar-refractivity contribution in [3.63, 3.8) is 0 Å². The molecule has 0 saturated carbocycles. The Morgan fingerprint density at radius 3 is 3.31 bits per heavy atom. The molecule has 0 spiro atoms. The maximum atomic E-state index is 10.3. The number of carbonyl (C=O) groups excluding carboxylic acids is 1. The van der Waals surface area contributed by atoms with Crippen molar-refractivity contribution in [1.29, 1.82) is 0 Å². The van der Waals surface area contributed by atoms with Gasteiger partial charge in [0.1, 0.15) is 0 Å². The molecule has 6 nitrogen and oxygen atoms in total. The number of nitrogens with two attached hydrogens (primary N) is 1. The lowest BCUT2D eigenvalue weighted by molar-refractivity contribution is 0.249. The third-order valence-corrected chi connectivity index (χ3v) is 1.46. The second-order valence-electron chi connectivity index (χ2n) is 2.34. The third kappa shape index (κ3) is 2.58. The second kappa shape index (κ2) is 4.24. The number of hydrazone groups is 1. The molecule has 0 fully saturated rings. The summed E-state index contributed by atoms with van der Waals surface area (Å²) in [7, 11) is 0. The van der Waals surface area contributed by atoms with Gasteiger partial charge in [-0.2, -0.15) is 5.10 Å². The highest BCUT2D eigenvalue weighted by Crippen LogP contribution is 1.94. The predicted molar refractivity (Wildman–Crippen MR) is 48.2 cm³/mol. The molecule has 70 valence electrons. The molecule has 2 amide bonds. The van der Waals surface area contributed by atoms with Crippen LogP contribution in [0, 0.1) is 0 Å². The van der Waals surface area contributed by atoms with Gasteiger partial charge in [0.05, 0.1) is 24.4 Å². The second-order valence-corrected chi connectivity index (χ2v) is 2.34. The van der Waals surface area contributed by atoms with E-state index in [1.807, 2.05) is 11.5 Å². The Hall–Kier alpha value is -1.85. The van der Waals surface area contributed by atoms with Crippen LogP contribution in [0.5, 0.6) is 0 Å². The van der Waals surface area contributed by atoms with Gasteiger partial charge in [-0.1, -0.05) is 0 Å². The number of amides is 2. The van der Waals surface area contributed by atoms with Crippen LogP contribution in [0.15, 0.2) is 17.6 Å². The van der Waals surface area contributed by atoms with Gasteiger partial charge in [-0.3, -0.25) is 0 Å². The highest BCUT2D eigenvalue weighted by molar-refractivity contribution is 5.79. The van der Waals surface area contributed by atoms with Gasteiger partial charge in [-0.15, -0.1) is 0 Å². The first-order valence-corrected chi connectivity index (χ1v) is 3.82. The Morgan fingerprint density at radius 2 is 2.69 bits per heavy atom. The minimum atomic E-state index is -0.682. The lowest BCUT2D eigenvalue weighted by Crippen LogP contribution is -2.24. The van der Waals surface area contributed by atoms with Crippen molar-refractivity contribution in [3.05, 3.63) is 18.2 Å². The zero-order chi connectivity index (χ0) is 9.68. The number of nitrogens with one attached hydrogen (secondary N) is 1. The molecular formula is C7H11N5O. The summed E-state index contributed by atoms with van der Waals surface area (Å²) in [6.45, 7) is 2.79. The molecule has 1 heterocycles. The Balaban J connectivity index is 2.62. The first-order valence-electron chi connectivity index (χ1n) is 3.82. The van der Waals surface area contributed by atoms with Crippen molar-refractivity contribution in [2.75, 3.05) is 0 Å². The third-order valence-electron chi connectivity index (χ3n) is 1.46. The van der Waals surface area contributed by atoms with Gasteiger partial charge in [-0.05, 0) is 6.92 Å². The average molecular weight is 181 g/mol. The maximum absolute atomic E-state index is 10.3. The van der Waals surface area contributed by atoms with Crippen LogP contribution in [0.3, 0.4) is 0 Å². The van der Waals surface area contributed by atoms with E-state index in [2.05, 4.69) is 15.5 Å². The molecule has 0 atom stereocenters. The molecule has 0 saturated heterocycles. The molecule has 0 aliphatic heterocycles. The first kappa shape index (κ1) is 9.24. The Labute approximate surface area is 75.4 Å². The number of primary amides is 1. The molecule has 1 rings (SSSR count). The van der Waals surface area contributed by atoms with Crippen molar-refractivity contribution in [1.82, 2.24) is 15.0 Å². The Bertz CT molecular complexity index is 316. The molecule has 13 heavy (non-hydrogen) atoms. The van der Waals surface area contributed by atoms with Crippen LogP contribution in [0.1, 0.15) is 12.6 Å². The summed E-state index contributed by atoms with van der Waals surface area (Å²) >= 11 is 0. The summed E-state index contributed by atoms with van der Waals surface area (Å²) in [6.07, 6.45) is 4.82. The van der Waals surface area contributed by atoms with E-state index in [4.69, 9.17) is 5.73 Å². The van der Waals surface area contributed by atoms with Crippen molar-refractivity contribution >= 4 is 12.2 Å². The summed E-state index contributed by atoms with van der Waals surface area (Å²) in [6, 6.07) is -0.682. The summed E-state index contributed by atoms with van der Waals surface area (Å²) in [5.41, 5.74) is 7.73. The summed E-state index contributed by atoms with van der Waals surface area (Å²) in [5.74, 6) is 0. The molecule has 0 bridgehead atoms. The lowest BCUT2D eigenvalue weighted by Gasteiger charge is -1.97. The summed E-state index contributed by atoms with van der Waals surface area (Å²) in [5, 5.41) is 3.61. The minimum absolute atomic E-state index is 0.682. The van der Waals surface area contributed by atoms with E-state index in [0.717, 1.165) is 12.2 Å². The number of hydrogen-bond donors (Lipinski definition) is 2. The SMILES string of the molecule is CCn1cncc1C=NNC(N)=O. The Kier molecular flexibility index (Phi) is 3.02. The predicted octanol–water partition coefficient (Wildman–Crippen LogP) is -0.0948. The van der Waals surface area contributed by atoms with Crippen LogP contribution in [-0.4, -0.2) is 21.8 Å². The fraction of sp³-hybridized carbons (Fsp3) is 0.286. The zero-order valence-electron chi connectivity index (χ0n) is 7.27. The van der Waals surface area contributed by atoms with Crippen molar-refractivity contribution in [3.8, 4) is 0 Å². The van der Waals surface area contributed by atoms with Gasteiger partial charge in [-0.25, -0.2) is 15.2 Å². The van der Waals surface area contributed by atoms with Crippen molar-refractivity contribution < 1.29 is 4.79 Å². The van der Waals surface area contributed by atoms with Crippen molar-refractivity contribution in [2.45, 2.75) is 13.5 Å². The smallest absolute Gasteiger partial charge is 0.332 e. The molecule has 0 aliphatic rings. The molecule has 0 aromatic carbocycles. The van der Waals surface area contributed by atoms with Crippen LogP contribution in [0.2, 0.25) is 0 Å². The zero-order valence-corrected chi connectivity index (χ0v) is 7.27. The van der Waals surface area contributed by atoms with Gasteiger partial charge in [0.15, 0.2) is 0 Å². The normalized spacial score (nSPS) is 10.5. The average Bonchev–Trinajstić information content (AvgIpc) is 2.51. The monoisotopic (exact) mass is 181 g/mol. The van der Waals surface area contributed by atoms with Gasteiger partial charge in [0.2, 0.25) is 0 Å². The van der Waals surface area contributed by atoms with Crippen LogP contribution in [0.4, 0.5) is 4.79 Å². The molecule has 1 aromatic heterocycles. The van der Waals surface area contributed by atoms with Crippen LogP contribution in [0.25, 0.3) is 0 Å². The quantitative estimate of drug-likeness (QED) is 0.504. The van der Waals surface area contributed by atoms with E-state index in [9.17, 15) is 4.79 Å². The van der Waals surface area contributed by atoms with E-state index in [0.29, 0.717) is 0 Å². The minimum Gasteiger partial charge on any atom is -0.350 e. The van der Waals surface area contributed by atoms with Crippen LogP contribution >= 0.6 is 0 Å². The van der Waals surface area contributed by atoms with E-state index in [1.54, 1.807) is 12.5 Å². The van der Waals surface area contributed by atoms with Gasteiger partial charge in [0, 0.05) is 6.54 Å². The number of carbonyl (C=O) groups is 1. The van der Waals surface area contributed by atoms with E-state index < -0.39 is 6.03 Å². The number of hydrogen-bond acceptors (Lipinski definition) is 3. The summed E-state index contributed by atoms with van der Waals surface area (Å²) < 4.78 is 1.88. The molecule has 1 aromatic rings. The standard InChI is InChI=1S/C7H11N5O/c1-2-12-5-9-3-6(12)4-10-11-7(8)13/h3-5H,2H2,1H3,(H3,8,11,13). The molecule has 3 N–H and O–H groups in total. The molecule has 0 aliphatic carbocycles. The topological polar surface area (TPSA) is 85.3 Å². The maximum Gasteiger partial charge on any atom is 0.332 e. The van der Waals surface area contributed by atoms with Gasteiger partial charge < -0.3 is 10.3 Å². The number of urea groups is 1. The van der Waals surface area contributed by atoms with Crippen LogP contribution < -0.4 is 11.2 Å².